The molecule has 0 radical (unpaired) electrons. The molecule has 0 spiro atoms. The lowest BCUT2D eigenvalue weighted by Gasteiger charge is -2.22. The fourth-order valence-corrected chi connectivity index (χ4v) is 3.77. The molecule has 0 aliphatic rings. The summed E-state index contributed by atoms with van der Waals surface area (Å²) in [4.78, 5) is 24.7. The average Bonchev–Trinajstić information content (AvgIpc) is 2.64. The molecule has 2 aromatic rings. The molecule has 0 unspecified atom stereocenters. The molecule has 29 heavy (non-hydrogen) atoms. The molecule has 0 atom stereocenters. The number of rotatable bonds is 9. The second-order valence-corrected chi connectivity index (χ2v) is 8.90. The molecule has 0 aliphatic heterocycles. The van der Waals surface area contributed by atoms with E-state index in [1.165, 1.54) is 4.31 Å². The predicted molar refractivity (Wildman–Crippen MR) is 116 cm³/mol. The fourth-order valence-electron chi connectivity index (χ4n) is 2.81. The minimum Gasteiger partial charge on any atom is -0.350 e. The summed E-state index contributed by atoms with van der Waals surface area (Å²) in [5.74, 6) is -0.542. The summed E-state index contributed by atoms with van der Waals surface area (Å²) in [5.41, 5.74) is 1.38. The monoisotopic (exact) mass is 417 g/mol. The number of para-hydroxylation sites is 2. The third kappa shape index (κ3) is 6.90. The number of benzene rings is 2. The number of nitrogens with one attached hydrogen (secondary N) is 2. The number of carbonyl (C=O) groups excluding carboxylic acids is 2. The normalized spacial score (nSPS) is 11.2. The summed E-state index contributed by atoms with van der Waals surface area (Å²) >= 11 is 0. The van der Waals surface area contributed by atoms with Crippen LogP contribution in [0.1, 0.15) is 37.0 Å². The van der Waals surface area contributed by atoms with Crippen molar-refractivity contribution in [3.05, 3.63) is 60.2 Å². The number of anilines is 2. The predicted octanol–water partition coefficient (Wildman–Crippen LogP) is 3.01. The number of hydrogen-bond donors (Lipinski definition) is 2. The van der Waals surface area contributed by atoms with E-state index in [4.69, 9.17) is 0 Å². The molecule has 2 N–H and O–H groups in total. The van der Waals surface area contributed by atoms with Crippen molar-refractivity contribution in [2.24, 2.45) is 0 Å². The lowest BCUT2D eigenvalue weighted by molar-refractivity contribution is -0.116. The average molecular weight is 418 g/mol. The van der Waals surface area contributed by atoms with Gasteiger partial charge in [0.2, 0.25) is 15.9 Å². The molecule has 2 rings (SSSR count). The Bertz CT molecular complexity index is 943. The topological polar surface area (TPSA) is 95.6 Å². The van der Waals surface area contributed by atoms with Gasteiger partial charge in [0.15, 0.2) is 0 Å². The zero-order valence-electron chi connectivity index (χ0n) is 16.9. The molecular formula is C21H27N3O4S. The maximum absolute atomic E-state index is 12.4. The van der Waals surface area contributed by atoms with E-state index in [9.17, 15) is 18.0 Å². The zero-order chi connectivity index (χ0) is 21.4. The third-order valence-corrected chi connectivity index (χ3v) is 5.27. The molecule has 2 amide bonds. The second kappa shape index (κ2) is 10.1. The molecule has 0 saturated carbocycles. The lowest BCUT2D eigenvalue weighted by Crippen LogP contribution is -2.32. The van der Waals surface area contributed by atoms with Crippen molar-refractivity contribution in [1.82, 2.24) is 5.32 Å². The van der Waals surface area contributed by atoms with Gasteiger partial charge in [0.05, 0.1) is 23.2 Å². The lowest BCUT2D eigenvalue weighted by atomic mass is 10.1. The van der Waals surface area contributed by atoms with Gasteiger partial charge in [0.1, 0.15) is 0 Å². The molecule has 0 bridgehead atoms. The molecule has 8 heteroatoms. The van der Waals surface area contributed by atoms with Crippen molar-refractivity contribution in [2.75, 3.05) is 22.4 Å². The summed E-state index contributed by atoms with van der Waals surface area (Å²) in [7, 11) is -3.46. The van der Waals surface area contributed by atoms with Gasteiger partial charge in [-0.2, -0.15) is 0 Å². The summed E-state index contributed by atoms with van der Waals surface area (Å²) in [6.45, 7) is 3.91. The van der Waals surface area contributed by atoms with Gasteiger partial charge in [-0.3, -0.25) is 13.9 Å². The van der Waals surface area contributed by atoms with Crippen LogP contribution in [0.25, 0.3) is 0 Å². The summed E-state index contributed by atoms with van der Waals surface area (Å²) < 4.78 is 25.5. The van der Waals surface area contributed by atoms with E-state index in [0.717, 1.165) is 6.26 Å². The van der Waals surface area contributed by atoms with Crippen LogP contribution < -0.4 is 14.9 Å². The van der Waals surface area contributed by atoms with Gasteiger partial charge in [0.25, 0.3) is 5.91 Å². The Kier molecular flexibility index (Phi) is 7.78. The van der Waals surface area contributed by atoms with Gasteiger partial charge >= 0.3 is 0 Å². The van der Waals surface area contributed by atoms with Gasteiger partial charge < -0.3 is 10.6 Å². The van der Waals surface area contributed by atoms with Crippen molar-refractivity contribution in [3.8, 4) is 0 Å². The highest BCUT2D eigenvalue weighted by atomic mass is 32.2. The summed E-state index contributed by atoms with van der Waals surface area (Å²) in [6.07, 6.45) is 1.61. The zero-order valence-corrected chi connectivity index (χ0v) is 17.7. The van der Waals surface area contributed by atoms with Gasteiger partial charge in [-0.15, -0.1) is 0 Å². The molecule has 0 saturated heterocycles. The van der Waals surface area contributed by atoms with E-state index in [0.29, 0.717) is 23.4 Å². The highest BCUT2D eigenvalue weighted by Crippen LogP contribution is 2.19. The maximum atomic E-state index is 12.4. The van der Waals surface area contributed by atoms with E-state index < -0.39 is 10.0 Å². The minimum absolute atomic E-state index is 0.0220. The first-order chi connectivity index (χ1) is 13.7. The van der Waals surface area contributed by atoms with Crippen LogP contribution in [0.4, 0.5) is 11.4 Å². The molecule has 156 valence electrons. The molecule has 0 aliphatic carbocycles. The fraction of sp³-hybridized carbons (Fsp3) is 0.333. The van der Waals surface area contributed by atoms with E-state index in [1.807, 2.05) is 19.9 Å². The van der Waals surface area contributed by atoms with Crippen molar-refractivity contribution in [3.63, 3.8) is 0 Å². The van der Waals surface area contributed by atoms with Crippen molar-refractivity contribution < 1.29 is 18.0 Å². The Morgan fingerprint density at radius 2 is 1.62 bits per heavy atom. The van der Waals surface area contributed by atoms with Crippen LogP contribution in [-0.4, -0.2) is 39.1 Å². The number of amides is 2. The Morgan fingerprint density at radius 1 is 1.00 bits per heavy atom. The molecule has 7 nitrogen and oxygen atoms in total. The SMILES string of the molecule is CC(C)NC(=O)c1ccccc1NC(=O)CCCN(c1ccccc1)S(C)(=O)=O. The van der Waals surface area contributed by atoms with E-state index >= 15 is 0 Å². The number of nitrogens with zero attached hydrogens (tertiary/aromatic N) is 1. The van der Waals surface area contributed by atoms with Gasteiger partial charge in [-0.05, 0) is 44.5 Å². The van der Waals surface area contributed by atoms with Crippen LogP contribution in [0.5, 0.6) is 0 Å². The van der Waals surface area contributed by atoms with Crippen LogP contribution in [0.2, 0.25) is 0 Å². The number of sulfonamides is 1. The molecule has 2 aromatic carbocycles. The highest BCUT2D eigenvalue weighted by molar-refractivity contribution is 7.92. The molecule has 0 heterocycles. The van der Waals surface area contributed by atoms with Crippen molar-refractivity contribution in [2.45, 2.75) is 32.7 Å². The van der Waals surface area contributed by atoms with Crippen LogP contribution in [-0.2, 0) is 14.8 Å². The Hall–Kier alpha value is -2.87. The Labute approximate surface area is 172 Å². The maximum Gasteiger partial charge on any atom is 0.253 e. The smallest absolute Gasteiger partial charge is 0.253 e. The first-order valence-corrected chi connectivity index (χ1v) is 11.3. The van der Waals surface area contributed by atoms with E-state index in [2.05, 4.69) is 10.6 Å². The van der Waals surface area contributed by atoms with Gasteiger partial charge in [-0.25, -0.2) is 8.42 Å². The van der Waals surface area contributed by atoms with Gasteiger partial charge in [-0.1, -0.05) is 30.3 Å². The minimum atomic E-state index is -3.46. The van der Waals surface area contributed by atoms with Gasteiger partial charge in [0, 0.05) is 19.0 Å². The first kappa shape index (κ1) is 22.4. The largest absolute Gasteiger partial charge is 0.350 e. The molecule has 0 fully saturated rings. The van der Waals surface area contributed by atoms with Crippen molar-refractivity contribution >= 4 is 33.2 Å². The number of carbonyl (C=O) groups is 2. The molecular weight excluding hydrogens is 390 g/mol. The summed E-state index contributed by atoms with van der Waals surface area (Å²) in [5, 5.41) is 5.55. The highest BCUT2D eigenvalue weighted by Gasteiger charge is 2.18. The van der Waals surface area contributed by atoms with Crippen LogP contribution in [0.3, 0.4) is 0 Å². The van der Waals surface area contributed by atoms with Crippen molar-refractivity contribution in [1.29, 1.82) is 0 Å². The quantitative estimate of drug-likeness (QED) is 0.656. The second-order valence-electron chi connectivity index (χ2n) is 7.00. The third-order valence-electron chi connectivity index (χ3n) is 4.08. The van der Waals surface area contributed by atoms with Crippen LogP contribution in [0, 0.1) is 0 Å². The Balaban J connectivity index is 1.99. The van der Waals surface area contributed by atoms with Crippen LogP contribution >= 0.6 is 0 Å². The standard InChI is InChI=1S/C21H27N3O4S/c1-16(2)22-21(26)18-12-7-8-13-19(18)23-20(25)14-9-15-24(29(3,27)28)17-10-5-4-6-11-17/h4-8,10-13,16H,9,14-15H2,1-3H3,(H,22,26)(H,23,25). The summed E-state index contributed by atoms with van der Waals surface area (Å²) in [6, 6.07) is 15.5. The Morgan fingerprint density at radius 3 is 2.24 bits per heavy atom. The van der Waals surface area contributed by atoms with E-state index in [-0.39, 0.29) is 30.8 Å². The molecule has 0 aromatic heterocycles. The number of hydrogen-bond acceptors (Lipinski definition) is 4. The van der Waals surface area contributed by atoms with E-state index in [1.54, 1.807) is 48.5 Å². The van der Waals surface area contributed by atoms with Crippen LogP contribution in [0.15, 0.2) is 54.6 Å². The first-order valence-electron chi connectivity index (χ1n) is 9.41.